The van der Waals surface area contributed by atoms with Crippen LogP contribution in [0.3, 0.4) is 0 Å². The monoisotopic (exact) mass is 398 g/mol. The van der Waals surface area contributed by atoms with Gasteiger partial charge in [0, 0.05) is 16.9 Å². The molecule has 28 heavy (non-hydrogen) atoms. The second-order valence-electron chi connectivity index (χ2n) is 5.88. The number of esters is 1. The molecule has 7 nitrogen and oxygen atoms in total. The maximum atomic E-state index is 12.1. The molecule has 0 saturated carbocycles. The van der Waals surface area contributed by atoms with Gasteiger partial charge in [-0.1, -0.05) is 0 Å². The average Bonchev–Trinajstić information content (AvgIpc) is 2.88. The van der Waals surface area contributed by atoms with E-state index in [2.05, 4.69) is 15.0 Å². The third-order valence-electron chi connectivity index (χ3n) is 3.70. The van der Waals surface area contributed by atoms with Gasteiger partial charge in [0.25, 0.3) is 5.91 Å². The van der Waals surface area contributed by atoms with Crippen LogP contribution in [-0.2, 0) is 9.53 Å². The SMILES string of the molecule is CC(=O)c1c(C)[nH]c(C(=O)OCC(=O)Nc2ccc(OC(F)(F)F)cc2)c1C. The molecule has 1 aromatic heterocycles. The molecule has 0 aliphatic heterocycles. The van der Waals surface area contributed by atoms with Gasteiger partial charge in [-0.25, -0.2) is 4.79 Å². The fourth-order valence-electron chi connectivity index (χ4n) is 2.62. The second kappa shape index (κ2) is 8.15. The number of aryl methyl sites for hydroxylation is 1. The quantitative estimate of drug-likeness (QED) is 0.573. The molecule has 1 heterocycles. The number of carbonyl (C=O) groups is 3. The van der Waals surface area contributed by atoms with Crippen LogP contribution in [0.1, 0.15) is 39.0 Å². The van der Waals surface area contributed by atoms with Gasteiger partial charge < -0.3 is 19.8 Å². The fraction of sp³-hybridized carbons (Fsp3) is 0.278. The number of amides is 1. The smallest absolute Gasteiger partial charge is 0.451 e. The summed E-state index contributed by atoms with van der Waals surface area (Å²) in [5.41, 5.74) is 1.60. The Morgan fingerprint density at radius 2 is 1.71 bits per heavy atom. The molecule has 150 valence electrons. The summed E-state index contributed by atoms with van der Waals surface area (Å²) < 4.78 is 44.9. The van der Waals surface area contributed by atoms with Crippen molar-refractivity contribution in [3.05, 3.63) is 46.8 Å². The van der Waals surface area contributed by atoms with Gasteiger partial charge in [-0.2, -0.15) is 0 Å². The molecule has 10 heteroatoms. The van der Waals surface area contributed by atoms with Crippen molar-refractivity contribution in [1.29, 1.82) is 0 Å². The number of aromatic amines is 1. The van der Waals surface area contributed by atoms with Gasteiger partial charge in [0.2, 0.25) is 0 Å². The lowest BCUT2D eigenvalue weighted by molar-refractivity contribution is -0.274. The predicted molar refractivity (Wildman–Crippen MR) is 92.3 cm³/mol. The maximum absolute atomic E-state index is 12.1. The van der Waals surface area contributed by atoms with Crippen molar-refractivity contribution in [3.8, 4) is 5.75 Å². The van der Waals surface area contributed by atoms with E-state index in [1.165, 1.54) is 19.1 Å². The summed E-state index contributed by atoms with van der Waals surface area (Å²) >= 11 is 0. The van der Waals surface area contributed by atoms with E-state index in [0.29, 0.717) is 16.8 Å². The Hall–Kier alpha value is -3.30. The molecular weight excluding hydrogens is 381 g/mol. The molecule has 0 spiro atoms. The van der Waals surface area contributed by atoms with Gasteiger partial charge in [-0.3, -0.25) is 9.59 Å². The number of aromatic nitrogens is 1. The van der Waals surface area contributed by atoms with Crippen LogP contribution < -0.4 is 10.1 Å². The van der Waals surface area contributed by atoms with Crippen molar-refractivity contribution in [2.24, 2.45) is 0 Å². The van der Waals surface area contributed by atoms with Crippen LogP contribution in [0.5, 0.6) is 5.75 Å². The van der Waals surface area contributed by atoms with E-state index in [1.807, 2.05) is 0 Å². The van der Waals surface area contributed by atoms with Gasteiger partial charge in [-0.15, -0.1) is 13.2 Å². The molecule has 2 rings (SSSR count). The minimum atomic E-state index is -4.81. The molecule has 0 fully saturated rings. The largest absolute Gasteiger partial charge is 0.573 e. The highest BCUT2D eigenvalue weighted by molar-refractivity contribution is 6.01. The Labute approximate surface area is 157 Å². The molecule has 1 amide bonds. The first-order chi connectivity index (χ1) is 13.0. The lowest BCUT2D eigenvalue weighted by Crippen LogP contribution is -2.21. The molecule has 1 aromatic carbocycles. The van der Waals surface area contributed by atoms with Gasteiger partial charge in [0.15, 0.2) is 12.4 Å². The number of nitrogens with one attached hydrogen (secondary N) is 2. The summed E-state index contributed by atoms with van der Waals surface area (Å²) in [4.78, 5) is 38.3. The average molecular weight is 398 g/mol. The Balaban J connectivity index is 1.93. The third-order valence-corrected chi connectivity index (χ3v) is 3.70. The molecule has 0 atom stereocenters. The molecule has 0 aliphatic rings. The van der Waals surface area contributed by atoms with Crippen LogP contribution in [0.15, 0.2) is 24.3 Å². The first-order valence-electron chi connectivity index (χ1n) is 8.01. The Kier molecular flexibility index (Phi) is 6.12. The van der Waals surface area contributed by atoms with E-state index in [0.717, 1.165) is 12.1 Å². The molecule has 0 radical (unpaired) electrons. The maximum Gasteiger partial charge on any atom is 0.573 e. The molecular formula is C18H17F3N2O5. The zero-order valence-corrected chi connectivity index (χ0v) is 15.2. The van der Waals surface area contributed by atoms with Gasteiger partial charge in [0.05, 0.1) is 0 Å². The minimum absolute atomic E-state index is 0.0733. The Morgan fingerprint density at radius 3 is 2.21 bits per heavy atom. The number of halogens is 3. The Bertz CT molecular complexity index is 901. The lowest BCUT2D eigenvalue weighted by atomic mass is 10.1. The van der Waals surface area contributed by atoms with Gasteiger partial charge in [-0.05, 0) is 50.6 Å². The zero-order chi connectivity index (χ0) is 21.1. The molecule has 2 N–H and O–H groups in total. The number of Topliss-reactive ketones (excluding diaryl/α,β-unsaturated/α-hetero) is 1. The number of hydrogen-bond acceptors (Lipinski definition) is 5. The first-order valence-corrected chi connectivity index (χ1v) is 8.01. The summed E-state index contributed by atoms with van der Waals surface area (Å²) in [6.45, 7) is 3.98. The number of ether oxygens (including phenoxy) is 2. The Morgan fingerprint density at radius 1 is 1.11 bits per heavy atom. The fourth-order valence-corrected chi connectivity index (χ4v) is 2.62. The van der Waals surface area contributed by atoms with Crippen LogP contribution in [0.25, 0.3) is 0 Å². The number of carbonyl (C=O) groups excluding carboxylic acids is 3. The van der Waals surface area contributed by atoms with Crippen LogP contribution in [-0.4, -0.2) is 35.6 Å². The summed E-state index contributed by atoms with van der Waals surface area (Å²) in [5, 5.41) is 2.37. The summed E-state index contributed by atoms with van der Waals surface area (Å²) in [6.07, 6.45) is -4.81. The van der Waals surface area contributed by atoms with E-state index in [-0.39, 0.29) is 17.2 Å². The number of alkyl halides is 3. The predicted octanol–water partition coefficient (Wildman–Crippen LogP) is 3.53. The highest BCUT2D eigenvalue weighted by Gasteiger charge is 2.31. The first kappa shape index (κ1) is 21.0. The number of rotatable bonds is 6. The van der Waals surface area contributed by atoms with Gasteiger partial charge in [0.1, 0.15) is 11.4 Å². The van der Waals surface area contributed by atoms with Crippen molar-refractivity contribution in [1.82, 2.24) is 4.98 Å². The molecule has 0 bridgehead atoms. The molecule has 0 saturated heterocycles. The van der Waals surface area contributed by atoms with E-state index >= 15 is 0 Å². The molecule has 0 unspecified atom stereocenters. The minimum Gasteiger partial charge on any atom is -0.451 e. The van der Waals surface area contributed by atoms with Crippen LogP contribution in [0, 0.1) is 13.8 Å². The third kappa shape index (κ3) is 5.35. The summed E-state index contributed by atoms with van der Waals surface area (Å²) in [5.74, 6) is -2.14. The highest BCUT2D eigenvalue weighted by atomic mass is 19.4. The van der Waals surface area contributed by atoms with Crippen molar-refractivity contribution in [2.75, 3.05) is 11.9 Å². The van der Waals surface area contributed by atoms with Crippen molar-refractivity contribution >= 4 is 23.3 Å². The second-order valence-corrected chi connectivity index (χ2v) is 5.88. The molecule has 0 aliphatic carbocycles. The topological polar surface area (TPSA) is 97.5 Å². The van der Waals surface area contributed by atoms with Crippen LogP contribution in [0.2, 0.25) is 0 Å². The summed E-state index contributed by atoms with van der Waals surface area (Å²) in [6, 6.07) is 4.48. The van der Waals surface area contributed by atoms with Crippen molar-refractivity contribution in [2.45, 2.75) is 27.1 Å². The number of ketones is 1. The molecule has 2 aromatic rings. The normalized spacial score (nSPS) is 11.1. The number of anilines is 1. The van der Waals surface area contributed by atoms with Crippen LogP contribution >= 0.6 is 0 Å². The van der Waals surface area contributed by atoms with E-state index in [4.69, 9.17) is 4.74 Å². The zero-order valence-electron chi connectivity index (χ0n) is 15.2. The number of benzene rings is 1. The van der Waals surface area contributed by atoms with Gasteiger partial charge >= 0.3 is 12.3 Å². The van der Waals surface area contributed by atoms with Crippen LogP contribution in [0.4, 0.5) is 18.9 Å². The van der Waals surface area contributed by atoms with E-state index in [9.17, 15) is 27.6 Å². The number of hydrogen-bond donors (Lipinski definition) is 2. The van der Waals surface area contributed by atoms with E-state index in [1.54, 1.807) is 13.8 Å². The van der Waals surface area contributed by atoms with Crippen molar-refractivity contribution in [3.63, 3.8) is 0 Å². The standard InChI is InChI=1S/C18H17F3N2O5/c1-9-15(11(3)24)10(2)22-16(9)17(26)27-8-14(25)23-12-4-6-13(7-5-12)28-18(19,20)21/h4-7,22H,8H2,1-3H3,(H,23,25). The lowest BCUT2D eigenvalue weighted by Gasteiger charge is -2.10. The van der Waals surface area contributed by atoms with E-state index < -0.39 is 30.6 Å². The highest BCUT2D eigenvalue weighted by Crippen LogP contribution is 2.24. The number of H-pyrrole nitrogens is 1. The summed E-state index contributed by atoms with van der Waals surface area (Å²) in [7, 11) is 0. The van der Waals surface area contributed by atoms with Crippen molar-refractivity contribution < 1.29 is 37.0 Å².